The highest BCUT2D eigenvalue weighted by atomic mass is 32.2. The van der Waals surface area contributed by atoms with Crippen LogP contribution in [0.4, 0.5) is 13.2 Å². The second-order valence-electron chi connectivity index (χ2n) is 9.51. The van der Waals surface area contributed by atoms with Gasteiger partial charge in [0, 0.05) is 32.2 Å². The molecule has 1 aliphatic rings. The van der Waals surface area contributed by atoms with Crippen LogP contribution in [0.2, 0.25) is 0 Å². The van der Waals surface area contributed by atoms with Gasteiger partial charge in [-0.2, -0.15) is 21.6 Å². The van der Waals surface area contributed by atoms with Gasteiger partial charge >= 0.3 is 15.6 Å². The number of pyridine rings is 1. The van der Waals surface area contributed by atoms with Crippen LogP contribution in [-0.4, -0.2) is 75.8 Å². The van der Waals surface area contributed by atoms with E-state index in [1.807, 2.05) is 13.8 Å². The van der Waals surface area contributed by atoms with Crippen molar-refractivity contribution in [3.8, 4) is 0 Å². The van der Waals surface area contributed by atoms with Crippen molar-refractivity contribution in [2.75, 3.05) is 26.4 Å². The van der Waals surface area contributed by atoms with Crippen LogP contribution in [0, 0.1) is 0 Å². The standard InChI is InChI=1S/C21H39F3O7S.C6H6N2O/c1-4-7-10-13-27-16-17-18(28-14-11-8-5-2)19(29-15-12-9-6-3)20(30-17)31-32(25,26)21(22,23)24;7-6(9)5-2-1-3-8-4-5/h17-20H,4-16H2,1-3H3;1-4H,(H2,7,9)/t17-,18-,19-,20+;/m1./s1. The molecule has 1 aromatic rings. The van der Waals surface area contributed by atoms with E-state index in [-0.39, 0.29) is 13.2 Å². The fourth-order valence-electron chi connectivity index (χ4n) is 3.77. The summed E-state index contributed by atoms with van der Waals surface area (Å²) < 4.78 is 89.2. The normalized spacial score (nSPS) is 20.9. The van der Waals surface area contributed by atoms with E-state index >= 15 is 0 Å². The highest BCUT2D eigenvalue weighted by Gasteiger charge is 2.54. The summed E-state index contributed by atoms with van der Waals surface area (Å²) >= 11 is 0. The number of primary amides is 1. The van der Waals surface area contributed by atoms with E-state index in [0.29, 0.717) is 25.2 Å². The second-order valence-corrected chi connectivity index (χ2v) is 11.1. The Morgan fingerprint density at radius 2 is 1.51 bits per heavy atom. The van der Waals surface area contributed by atoms with Crippen molar-refractivity contribution in [2.45, 2.75) is 109 Å². The first-order valence-electron chi connectivity index (χ1n) is 14.1. The first kappa shape index (κ1) is 37.2. The minimum Gasteiger partial charge on any atom is -0.379 e. The Morgan fingerprint density at radius 3 is 1.98 bits per heavy atom. The average molecular weight is 615 g/mol. The summed E-state index contributed by atoms with van der Waals surface area (Å²) in [5.74, 6) is -0.442. The number of nitrogens with two attached hydrogens (primary N) is 1. The quantitative estimate of drug-likeness (QED) is 0.128. The SMILES string of the molecule is CCCCCOC[C@H]1O[C@@H](OS(=O)(=O)C(F)(F)F)[C@H](OCCCCC)[C@@H]1OCCCCC.NC(=O)c1cccnc1. The Bertz CT molecular complexity index is 938. The van der Waals surface area contributed by atoms with Crippen molar-refractivity contribution in [2.24, 2.45) is 5.73 Å². The van der Waals surface area contributed by atoms with E-state index in [0.717, 1.165) is 51.4 Å². The van der Waals surface area contributed by atoms with E-state index in [9.17, 15) is 26.4 Å². The third kappa shape index (κ3) is 14.3. The van der Waals surface area contributed by atoms with Crippen LogP contribution < -0.4 is 5.73 Å². The number of rotatable bonds is 19. The zero-order valence-electron chi connectivity index (χ0n) is 24.1. The van der Waals surface area contributed by atoms with E-state index < -0.39 is 46.1 Å². The van der Waals surface area contributed by atoms with Crippen molar-refractivity contribution in [1.29, 1.82) is 0 Å². The van der Waals surface area contributed by atoms with Crippen LogP contribution in [0.15, 0.2) is 24.5 Å². The minimum atomic E-state index is -5.86. The zero-order chi connectivity index (χ0) is 30.7. The second kappa shape index (κ2) is 20.1. The van der Waals surface area contributed by atoms with E-state index in [1.165, 1.54) is 6.20 Å². The number of hydrogen-bond donors (Lipinski definition) is 1. The summed E-state index contributed by atoms with van der Waals surface area (Å²) in [6.45, 7) is 7.19. The molecule has 14 heteroatoms. The molecule has 41 heavy (non-hydrogen) atoms. The summed E-state index contributed by atoms with van der Waals surface area (Å²) in [7, 11) is -5.86. The van der Waals surface area contributed by atoms with Gasteiger partial charge in [0.2, 0.25) is 12.2 Å². The number of aromatic nitrogens is 1. The molecule has 1 aromatic heterocycles. The van der Waals surface area contributed by atoms with Crippen molar-refractivity contribution in [3.63, 3.8) is 0 Å². The molecule has 0 unspecified atom stereocenters. The number of halogens is 3. The van der Waals surface area contributed by atoms with Crippen LogP contribution in [0.25, 0.3) is 0 Å². The fourth-order valence-corrected chi connectivity index (χ4v) is 4.28. The molecule has 1 fully saturated rings. The van der Waals surface area contributed by atoms with E-state index in [1.54, 1.807) is 18.3 Å². The van der Waals surface area contributed by atoms with Crippen LogP contribution in [-0.2, 0) is 33.2 Å². The van der Waals surface area contributed by atoms with Gasteiger partial charge in [-0.15, -0.1) is 0 Å². The van der Waals surface area contributed by atoms with E-state index in [2.05, 4.69) is 16.1 Å². The summed E-state index contributed by atoms with van der Waals surface area (Å²) in [4.78, 5) is 14.1. The topological polar surface area (TPSA) is 136 Å². The fraction of sp³-hybridized carbons (Fsp3) is 0.778. The summed E-state index contributed by atoms with van der Waals surface area (Å²) in [5, 5.41) is 0. The van der Waals surface area contributed by atoms with Gasteiger partial charge in [0.05, 0.1) is 12.2 Å². The minimum absolute atomic E-state index is 0.0445. The van der Waals surface area contributed by atoms with Gasteiger partial charge in [-0.05, 0) is 31.4 Å². The lowest BCUT2D eigenvalue weighted by atomic mass is 10.1. The number of alkyl halides is 3. The highest BCUT2D eigenvalue weighted by Crippen LogP contribution is 2.33. The Balaban J connectivity index is 0.000000787. The van der Waals surface area contributed by atoms with Crippen molar-refractivity contribution < 1.29 is 49.5 Å². The molecule has 0 spiro atoms. The molecule has 4 atom stereocenters. The number of nitrogens with zero attached hydrogens (tertiary/aromatic N) is 1. The molecule has 0 aliphatic carbocycles. The third-order valence-electron chi connectivity index (χ3n) is 6.01. The molecule has 0 aromatic carbocycles. The maximum absolute atomic E-state index is 12.9. The maximum Gasteiger partial charge on any atom is 0.523 e. The molecule has 2 heterocycles. The molecule has 10 nitrogen and oxygen atoms in total. The van der Waals surface area contributed by atoms with Gasteiger partial charge in [0.1, 0.15) is 18.3 Å². The molecule has 1 amide bonds. The molecule has 238 valence electrons. The monoisotopic (exact) mass is 614 g/mol. The Kier molecular flexibility index (Phi) is 18.3. The molecule has 0 bridgehead atoms. The molecule has 1 saturated heterocycles. The van der Waals surface area contributed by atoms with Crippen molar-refractivity contribution in [3.05, 3.63) is 30.1 Å². The number of carbonyl (C=O) groups excluding carboxylic acids is 1. The number of ether oxygens (including phenoxy) is 4. The van der Waals surface area contributed by atoms with Gasteiger partial charge in [-0.25, -0.2) is 4.18 Å². The molecular weight excluding hydrogens is 569 g/mol. The van der Waals surface area contributed by atoms with Gasteiger partial charge < -0.3 is 24.7 Å². The largest absolute Gasteiger partial charge is 0.523 e. The summed E-state index contributed by atoms with van der Waals surface area (Å²) in [6.07, 6.45) is 6.51. The summed E-state index contributed by atoms with van der Waals surface area (Å²) in [5.41, 5.74) is -0.183. The van der Waals surface area contributed by atoms with Crippen LogP contribution in [0.1, 0.15) is 88.9 Å². The van der Waals surface area contributed by atoms with Crippen LogP contribution >= 0.6 is 0 Å². The predicted molar refractivity (Wildman–Crippen MR) is 146 cm³/mol. The van der Waals surface area contributed by atoms with Crippen LogP contribution in [0.5, 0.6) is 0 Å². The lowest BCUT2D eigenvalue weighted by molar-refractivity contribution is -0.144. The maximum atomic E-state index is 12.9. The molecule has 0 saturated carbocycles. The van der Waals surface area contributed by atoms with Gasteiger partial charge in [-0.3, -0.25) is 9.78 Å². The Labute approximate surface area is 241 Å². The molecule has 2 rings (SSSR count). The molecule has 2 N–H and O–H groups in total. The average Bonchev–Trinajstić information content (AvgIpc) is 3.24. The van der Waals surface area contributed by atoms with E-state index in [4.69, 9.17) is 24.7 Å². The number of unbranched alkanes of at least 4 members (excludes halogenated alkanes) is 6. The molecule has 1 aliphatic heterocycles. The number of hydrogen-bond acceptors (Lipinski definition) is 9. The predicted octanol–water partition coefficient (Wildman–Crippen LogP) is 5.12. The van der Waals surface area contributed by atoms with Gasteiger partial charge in [0.15, 0.2) is 0 Å². The number of carbonyl (C=O) groups is 1. The van der Waals surface area contributed by atoms with Gasteiger partial charge in [-0.1, -0.05) is 59.3 Å². The number of amides is 1. The zero-order valence-corrected chi connectivity index (χ0v) is 25.0. The lowest BCUT2D eigenvalue weighted by Crippen LogP contribution is -2.42. The molecular formula is C27H45F3N2O8S. The van der Waals surface area contributed by atoms with Crippen LogP contribution in [0.3, 0.4) is 0 Å². The lowest BCUT2D eigenvalue weighted by Gasteiger charge is -2.25. The Hall–Kier alpha value is -1.84. The Morgan fingerprint density at radius 1 is 0.951 bits per heavy atom. The smallest absolute Gasteiger partial charge is 0.379 e. The molecule has 0 radical (unpaired) electrons. The van der Waals surface area contributed by atoms with Crippen molar-refractivity contribution >= 4 is 16.0 Å². The van der Waals surface area contributed by atoms with Crippen molar-refractivity contribution in [1.82, 2.24) is 4.98 Å². The third-order valence-corrected chi connectivity index (χ3v) is 7.02. The summed E-state index contributed by atoms with van der Waals surface area (Å²) in [6, 6.07) is 3.29. The van der Waals surface area contributed by atoms with Gasteiger partial charge in [0.25, 0.3) is 0 Å². The first-order valence-corrected chi connectivity index (χ1v) is 15.5. The first-order chi connectivity index (χ1) is 19.5. The highest BCUT2D eigenvalue weighted by molar-refractivity contribution is 7.87.